The first-order valence-electron chi connectivity index (χ1n) is 12.9. The predicted molar refractivity (Wildman–Crippen MR) is 121 cm³/mol. The highest BCUT2D eigenvalue weighted by atomic mass is 16.5. The molecule has 0 radical (unpaired) electrons. The lowest BCUT2D eigenvalue weighted by atomic mass is 9.41. The van der Waals surface area contributed by atoms with Crippen molar-refractivity contribution < 1.29 is 19.4 Å². The van der Waals surface area contributed by atoms with E-state index in [1.54, 1.807) is 0 Å². The van der Waals surface area contributed by atoms with Crippen LogP contribution < -0.4 is 0 Å². The number of aliphatic hydroxyl groups excluding tert-OH is 1. The summed E-state index contributed by atoms with van der Waals surface area (Å²) in [5, 5.41) is 11.7. The third-order valence-electron chi connectivity index (χ3n) is 11.0. The maximum Gasteiger partial charge on any atom is 0.305 e. The Balaban J connectivity index is 1.59. The monoisotopic (exact) mass is 432 g/mol. The van der Waals surface area contributed by atoms with E-state index in [1.165, 1.54) is 32.8 Å². The maximum atomic E-state index is 12.4. The molecule has 4 saturated carbocycles. The summed E-state index contributed by atoms with van der Waals surface area (Å²) in [5.74, 6) is 3.53. The molecule has 1 N–H and O–H groups in total. The molecule has 31 heavy (non-hydrogen) atoms. The van der Waals surface area contributed by atoms with Crippen LogP contribution in [0.2, 0.25) is 0 Å². The van der Waals surface area contributed by atoms with E-state index in [0.29, 0.717) is 54.1 Å². The zero-order valence-corrected chi connectivity index (χ0v) is 20.4. The third kappa shape index (κ3) is 3.60. The van der Waals surface area contributed by atoms with Gasteiger partial charge in [0, 0.05) is 19.3 Å². The molecule has 4 aliphatic rings. The van der Waals surface area contributed by atoms with Crippen molar-refractivity contribution in [3.8, 4) is 0 Å². The summed E-state index contributed by atoms with van der Waals surface area (Å²) in [5.41, 5.74) is 0.456. The van der Waals surface area contributed by atoms with E-state index in [9.17, 15) is 14.7 Å². The third-order valence-corrected chi connectivity index (χ3v) is 11.0. The van der Waals surface area contributed by atoms with Gasteiger partial charge in [0.05, 0.1) is 13.2 Å². The van der Waals surface area contributed by atoms with Crippen molar-refractivity contribution in [2.75, 3.05) is 7.11 Å². The van der Waals surface area contributed by atoms with Crippen molar-refractivity contribution in [3.63, 3.8) is 0 Å². The van der Waals surface area contributed by atoms with Crippen LogP contribution in [0.4, 0.5) is 0 Å². The largest absolute Gasteiger partial charge is 0.469 e. The summed E-state index contributed by atoms with van der Waals surface area (Å²) in [6.45, 7) is 9.49. The lowest BCUT2D eigenvalue weighted by molar-refractivity contribution is -0.194. The zero-order valence-electron chi connectivity index (χ0n) is 20.4. The lowest BCUT2D eigenvalue weighted by Gasteiger charge is -2.64. The molecule has 0 aromatic carbocycles. The number of ether oxygens (including phenoxy) is 1. The van der Waals surface area contributed by atoms with Crippen LogP contribution in [-0.2, 0) is 14.3 Å². The Morgan fingerprint density at radius 2 is 1.84 bits per heavy atom. The van der Waals surface area contributed by atoms with Crippen LogP contribution in [0.25, 0.3) is 0 Å². The minimum atomic E-state index is -0.271. The van der Waals surface area contributed by atoms with Crippen molar-refractivity contribution in [2.24, 2.45) is 52.3 Å². The van der Waals surface area contributed by atoms with Crippen LogP contribution in [0.15, 0.2) is 0 Å². The number of esters is 1. The first-order chi connectivity index (χ1) is 14.7. The molecule has 10 atom stereocenters. The Morgan fingerprint density at radius 1 is 1.13 bits per heavy atom. The van der Waals surface area contributed by atoms with Gasteiger partial charge in [0.25, 0.3) is 0 Å². The summed E-state index contributed by atoms with van der Waals surface area (Å²) in [6, 6.07) is 0. The average Bonchev–Trinajstić information content (AvgIpc) is 3.10. The zero-order chi connectivity index (χ0) is 22.6. The number of methoxy groups -OCH3 is 1. The van der Waals surface area contributed by atoms with Gasteiger partial charge in [-0.3, -0.25) is 9.59 Å². The molecule has 0 aliphatic heterocycles. The fourth-order valence-corrected chi connectivity index (χ4v) is 9.39. The highest BCUT2D eigenvalue weighted by molar-refractivity contribution is 5.79. The minimum absolute atomic E-state index is 0.102. The summed E-state index contributed by atoms with van der Waals surface area (Å²) < 4.78 is 4.88. The Hall–Kier alpha value is -0.900. The van der Waals surface area contributed by atoms with Crippen LogP contribution in [-0.4, -0.2) is 30.1 Å². The van der Waals surface area contributed by atoms with Crippen LogP contribution in [0.1, 0.15) is 91.9 Å². The Kier molecular flexibility index (Phi) is 6.35. The van der Waals surface area contributed by atoms with Crippen LogP contribution >= 0.6 is 0 Å². The number of hydrogen-bond acceptors (Lipinski definition) is 4. The van der Waals surface area contributed by atoms with Crippen molar-refractivity contribution in [2.45, 2.75) is 98.0 Å². The molecule has 4 aliphatic carbocycles. The number of carbonyl (C=O) groups is 2. The molecule has 4 heteroatoms. The molecule has 0 bridgehead atoms. The van der Waals surface area contributed by atoms with E-state index in [2.05, 4.69) is 27.7 Å². The van der Waals surface area contributed by atoms with Gasteiger partial charge in [-0.25, -0.2) is 0 Å². The number of fused-ring (bicyclic) bond motifs is 5. The molecule has 176 valence electrons. The highest BCUT2D eigenvalue weighted by Crippen LogP contribution is 2.69. The number of aliphatic hydroxyl groups is 1. The van der Waals surface area contributed by atoms with Gasteiger partial charge in [-0.15, -0.1) is 0 Å². The first-order valence-corrected chi connectivity index (χ1v) is 12.9. The Morgan fingerprint density at radius 3 is 2.52 bits per heavy atom. The van der Waals surface area contributed by atoms with Gasteiger partial charge >= 0.3 is 5.97 Å². The predicted octanol–water partition coefficient (Wildman–Crippen LogP) is 5.41. The van der Waals surface area contributed by atoms with Crippen LogP contribution in [0.5, 0.6) is 0 Å². The maximum absolute atomic E-state index is 12.4. The summed E-state index contributed by atoms with van der Waals surface area (Å²) in [4.78, 5) is 24.1. The minimum Gasteiger partial charge on any atom is -0.469 e. The van der Waals surface area contributed by atoms with Crippen molar-refractivity contribution in [1.29, 1.82) is 0 Å². The second kappa shape index (κ2) is 8.47. The summed E-state index contributed by atoms with van der Waals surface area (Å²) in [7, 11) is 1.47. The smallest absolute Gasteiger partial charge is 0.305 e. The van der Waals surface area contributed by atoms with Gasteiger partial charge in [-0.2, -0.15) is 0 Å². The molecule has 4 fully saturated rings. The molecule has 0 saturated heterocycles. The van der Waals surface area contributed by atoms with Crippen LogP contribution in [0.3, 0.4) is 0 Å². The van der Waals surface area contributed by atoms with E-state index >= 15 is 0 Å². The van der Waals surface area contributed by atoms with Crippen molar-refractivity contribution in [1.82, 2.24) is 0 Å². The lowest BCUT2D eigenvalue weighted by Crippen LogP contribution is -2.61. The van der Waals surface area contributed by atoms with E-state index in [4.69, 9.17) is 4.74 Å². The van der Waals surface area contributed by atoms with Gasteiger partial charge < -0.3 is 9.84 Å². The SMILES string of the molecule is CC[C@H]1C(O)C2C3CC[C@H]([C@H](C)CCC(=O)OC)[C@@]3(C)CCC2[C@@]2(C)CCC(=O)C[C@@H]12. The molecule has 0 aromatic heterocycles. The summed E-state index contributed by atoms with van der Waals surface area (Å²) >= 11 is 0. The highest BCUT2D eigenvalue weighted by Gasteiger charge is 2.64. The van der Waals surface area contributed by atoms with E-state index < -0.39 is 0 Å². The van der Waals surface area contributed by atoms with Crippen LogP contribution in [0, 0.1) is 52.3 Å². The van der Waals surface area contributed by atoms with Crippen molar-refractivity contribution >= 4 is 11.8 Å². The van der Waals surface area contributed by atoms with Gasteiger partial charge in [-0.05, 0) is 90.8 Å². The molecule has 0 aromatic rings. The average molecular weight is 433 g/mol. The molecule has 4 rings (SSSR count). The number of carbonyl (C=O) groups excluding carboxylic acids is 2. The van der Waals surface area contributed by atoms with Gasteiger partial charge in [0.15, 0.2) is 0 Å². The molecule has 0 heterocycles. The fraction of sp³-hybridized carbons (Fsp3) is 0.926. The van der Waals surface area contributed by atoms with E-state index in [-0.39, 0.29) is 28.8 Å². The number of ketones is 1. The molecule has 0 amide bonds. The topological polar surface area (TPSA) is 63.6 Å². The van der Waals surface area contributed by atoms with Gasteiger partial charge in [0.1, 0.15) is 5.78 Å². The van der Waals surface area contributed by atoms with E-state index in [0.717, 1.165) is 25.7 Å². The number of hydrogen-bond donors (Lipinski definition) is 1. The Bertz CT molecular complexity index is 703. The second-order valence-electron chi connectivity index (χ2n) is 12.0. The molecule has 0 spiro atoms. The number of rotatable bonds is 5. The second-order valence-corrected chi connectivity index (χ2v) is 12.0. The molecule has 4 unspecified atom stereocenters. The summed E-state index contributed by atoms with van der Waals surface area (Å²) in [6.07, 6.45) is 9.38. The first kappa shape index (κ1) is 23.3. The van der Waals surface area contributed by atoms with E-state index in [1.807, 2.05) is 0 Å². The van der Waals surface area contributed by atoms with Crippen molar-refractivity contribution in [3.05, 3.63) is 0 Å². The fourth-order valence-electron chi connectivity index (χ4n) is 9.39. The van der Waals surface area contributed by atoms with Gasteiger partial charge in [-0.1, -0.05) is 34.1 Å². The molecular weight excluding hydrogens is 388 g/mol. The normalized spacial score (nSPS) is 47.8. The molecular formula is C27H44O4. The quantitative estimate of drug-likeness (QED) is 0.590. The molecule has 4 nitrogen and oxygen atoms in total. The number of Topliss-reactive ketones (excluding diaryl/α,β-unsaturated/α-hetero) is 1. The Labute approximate surface area is 188 Å². The standard InChI is InChI=1S/C27H44O4/c1-6-18-22-15-17(28)11-13-27(22,4)21-12-14-26(3)19(16(2)7-10-23(29)31-5)8-9-20(26)24(21)25(18)30/h16,18-22,24-25,30H,6-15H2,1-5H3/t16-,18-,19-,20?,21?,22+,24?,25?,26-,27-/m1/s1. The van der Waals surface area contributed by atoms with Gasteiger partial charge in [0.2, 0.25) is 0 Å².